The van der Waals surface area contributed by atoms with Gasteiger partial charge in [0.2, 0.25) is 0 Å². The molecule has 0 heterocycles. The summed E-state index contributed by atoms with van der Waals surface area (Å²) in [6, 6.07) is 9.33. The van der Waals surface area contributed by atoms with Crippen molar-refractivity contribution in [1.82, 2.24) is 5.43 Å². The molecule has 0 radical (unpaired) electrons. The number of nitrogens with one attached hydrogen (secondary N) is 1. The molecule has 0 aliphatic rings. The SMILES string of the molecule is NNC(Cc1ccc(F)cc1)Cc1c(F)cccc1F. The van der Waals surface area contributed by atoms with Crippen molar-refractivity contribution in [3.05, 3.63) is 71.0 Å². The van der Waals surface area contributed by atoms with E-state index in [0.717, 1.165) is 5.56 Å². The Hall–Kier alpha value is -1.85. The van der Waals surface area contributed by atoms with Crippen molar-refractivity contribution in [2.45, 2.75) is 18.9 Å². The Labute approximate surface area is 115 Å². The maximum atomic E-state index is 13.6. The summed E-state index contributed by atoms with van der Waals surface area (Å²) in [5.74, 6) is 3.92. The van der Waals surface area contributed by atoms with E-state index >= 15 is 0 Å². The van der Waals surface area contributed by atoms with Crippen LogP contribution >= 0.6 is 0 Å². The molecule has 2 nitrogen and oxygen atoms in total. The third kappa shape index (κ3) is 3.59. The van der Waals surface area contributed by atoms with E-state index in [0.29, 0.717) is 6.42 Å². The third-order valence-corrected chi connectivity index (χ3v) is 3.14. The van der Waals surface area contributed by atoms with E-state index in [4.69, 9.17) is 5.84 Å². The molecule has 0 aromatic heterocycles. The van der Waals surface area contributed by atoms with E-state index in [-0.39, 0.29) is 23.8 Å². The average Bonchev–Trinajstić information content (AvgIpc) is 2.44. The highest BCUT2D eigenvalue weighted by atomic mass is 19.1. The first-order valence-electron chi connectivity index (χ1n) is 6.23. The molecule has 0 aliphatic carbocycles. The van der Waals surface area contributed by atoms with Crippen LogP contribution in [-0.2, 0) is 12.8 Å². The first kappa shape index (κ1) is 14.6. The van der Waals surface area contributed by atoms with E-state index < -0.39 is 11.6 Å². The number of hydrogen-bond acceptors (Lipinski definition) is 2. The molecule has 3 N–H and O–H groups in total. The number of hydrogen-bond donors (Lipinski definition) is 2. The highest BCUT2D eigenvalue weighted by Crippen LogP contribution is 2.16. The number of halogens is 3. The van der Waals surface area contributed by atoms with Crippen LogP contribution in [0.3, 0.4) is 0 Å². The van der Waals surface area contributed by atoms with Crippen molar-refractivity contribution in [3.8, 4) is 0 Å². The van der Waals surface area contributed by atoms with Gasteiger partial charge in [0.15, 0.2) is 0 Å². The molecule has 2 rings (SSSR count). The predicted molar refractivity (Wildman–Crippen MR) is 71.3 cm³/mol. The van der Waals surface area contributed by atoms with Crippen LogP contribution in [0.25, 0.3) is 0 Å². The lowest BCUT2D eigenvalue weighted by Gasteiger charge is -2.17. The molecule has 0 saturated heterocycles. The molecule has 20 heavy (non-hydrogen) atoms. The van der Waals surface area contributed by atoms with Crippen LogP contribution in [0.1, 0.15) is 11.1 Å². The standard InChI is InChI=1S/C15H15F3N2/c16-11-6-4-10(5-7-11)8-12(20-19)9-13-14(17)2-1-3-15(13)18/h1-7,12,20H,8-9,19H2. The lowest BCUT2D eigenvalue weighted by Crippen LogP contribution is -2.38. The first-order chi connectivity index (χ1) is 9.60. The molecule has 0 aliphatic heterocycles. The monoisotopic (exact) mass is 280 g/mol. The molecule has 0 fully saturated rings. The average molecular weight is 280 g/mol. The molecular formula is C15H15F3N2. The zero-order valence-electron chi connectivity index (χ0n) is 10.7. The van der Waals surface area contributed by atoms with Crippen LogP contribution in [0.15, 0.2) is 42.5 Å². The zero-order valence-corrected chi connectivity index (χ0v) is 10.7. The molecule has 1 unspecified atom stereocenters. The summed E-state index contributed by atoms with van der Waals surface area (Å²) in [7, 11) is 0. The second-order valence-electron chi connectivity index (χ2n) is 4.60. The van der Waals surface area contributed by atoms with Gasteiger partial charge in [-0.25, -0.2) is 13.2 Å². The first-order valence-corrected chi connectivity index (χ1v) is 6.23. The van der Waals surface area contributed by atoms with Crippen LogP contribution in [0.2, 0.25) is 0 Å². The van der Waals surface area contributed by atoms with Gasteiger partial charge in [-0.2, -0.15) is 0 Å². The van der Waals surface area contributed by atoms with Gasteiger partial charge in [-0.15, -0.1) is 0 Å². The van der Waals surface area contributed by atoms with Crippen molar-refractivity contribution < 1.29 is 13.2 Å². The molecular weight excluding hydrogens is 265 g/mol. The summed E-state index contributed by atoms with van der Waals surface area (Å²) in [6.07, 6.45) is 0.566. The fraction of sp³-hybridized carbons (Fsp3) is 0.200. The summed E-state index contributed by atoms with van der Waals surface area (Å²) >= 11 is 0. The Balaban J connectivity index is 2.11. The fourth-order valence-corrected chi connectivity index (χ4v) is 2.07. The van der Waals surface area contributed by atoms with Crippen molar-refractivity contribution in [2.75, 3.05) is 0 Å². The number of rotatable bonds is 5. The lowest BCUT2D eigenvalue weighted by molar-refractivity contribution is 0.484. The van der Waals surface area contributed by atoms with Gasteiger partial charge in [-0.05, 0) is 42.7 Å². The molecule has 2 aromatic rings. The minimum atomic E-state index is -0.593. The van der Waals surface area contributed by atoms with Crippen LogP contribution in [0.4, 0.5) is 13.2 Å². The molecule has 0 saturated carbocycles. The third-order valence-electron chi connectivity index (χ3n) is 3.14. The Kier molecular flexibility index (Phi) is 4.76. The maximum absolute atomic E-state index is 13.6. The van der Waals surface area contributed by atoms with Crippen LogP contribution in [-0.4, -0.2) is 6.04 Å². The van der Waals surface area contributed by atoms with Gasteiger partial charge >= 0.3 is 0 Å². The molecule has 2 aromatic carbocycles. The lowest BCUT2D eigenvalue weighted by atomic mass is 9.99. The second-order valence-corrected chi connectivity index (χ2v) is 4.60. The van der Waals surface area contributed by atoms with E-state index in [9.17, 15) is 13.2 Å². The molecule has 0 spiro atoms. The quantitative estimate of drug-likeness (QED) is 0.653. The van der Waals surface area contributed by atoms with E-state index in [1.54, 1.807) is 12.1 Å². The van der Waals surface area contributed by atoms with Crippen molar-refractivity contribution in [2.24, 2.45) is 5.84 Å². The molecule has 1 atom stereocenters. The molecule has 106 valence electrons. The predicted octanol–water partition coefficient (Wildman–Crippen LogP) is 2.72. The number of hydrazine groups is 1. The number of nitrogens with two attached hydrogens (primary N) is 1. The van der Waals surface area contributed by atoms with Gasteiger partial charge in [-0.1, -0.05) is 18.2 Å². The molecule has 5 heteroatoms. The van der Waals surface area contributed by atoms with Gasteiger partial charge in [0.1, 0.15) is 17.5 Å². The van der Waals surface area contributed by atoms with Gasteiger partial charge in [-0.3, -0.25) is 11.3 Å². The summed E-state index contributed by atoms with van der Waals surface area (Å²) in [4.78, 5) is 0. The van der Waals surface area contributed by atoms with Gasteiger partial charge in [0.05, 0.1) is 0 Å². The highest BCUT2D eigenvalue weighted by molar-refractivity contribution is 5.22. The van der Waals surface area contributed by atoms with Gasteiger partial charge < -0.3 is 0 Å². The van der Waals surface area contributed by atoms with Crippen LogP contribution < -0.4 is 11.3 Å². The van der Waals surface area contributed by atoms with Crippen molar-refractivity contribution >= 4 is 0 Å². The Morgan fingerprint density at radius 2 is 1.50 bits per heavy atom. The zero-order chi connectivity index (χ0) is 14.5. The molecule has 0 amide bonds. The topological polar surface area (TPSA) is 38.0 Å². The second kappa shape index (κ2) is 6.54. The van der Waals surface area contributed by atoms with Crippen molar-refractivity contribution in [3.63, 3.8) is 0 Å². The fourth-order valence-electron chi connectivity index (χ4n) is 2.07. The minimum absolute atomic E-state index is 0.00226. The minimum Gasteiger partial charge on any atom is -0.271 e. The molecule has 0 bridgehead atoms. The summed E-state index contributed by atoms with van der Waals surface area (Å²) in [5, 5.41) is 0. The highest BCUT2D eigenvalue weighted by Gasteiger charge is 2.15. The van der Waals surface area contributed by atoms with Crippen molar-refractivity contribution in [1.29, 1.82) is 0 Å². The van der Waals surface area contributed by atoms with Crippen LogP contribution in [0, 0.1) is 17.5 Å². The summed E-state index contributed by atoms with van der Waals surface area (Å²) in [6.45, 7) is 0. The Morgan fingerprint density at radius 3 is 2.05 bits per heavy atom. The maximum Gasteiger partial charge on any atom is 0.129 e. The summed E-state index contributed by atoms with van der Waals surface area (Å²) < 4.78 is 40.0. The number of benzene rings is 2. The normalized spacial score (nSPS) is 12.4. The Bertz CT molecular complexity index is 550. The van der Waals surface area contributed by atoms with E-state index in [1.807, 2.05) is 0 Å². The largest absolute Gasteiger partial charge is 0.271 e. The van der Waals surface area contributed by atoms with E-state index in [1.165, 1.54) is 30.3 Å². The van der Waals surface area contributed by atoms with Crippen LogP contribution in [0.5, 0.6) is 0 Å². The van der Waals surface area contributed by atoms with Gasteiger partial charge in [0.25, 0.3) is 0 Å². The van der Waals surface area contributed by atoms with E-state index in [2.05, 4.69) is 5.43 Å². The summed E-state index contributed by atoms with van der Waals surface area (Å²) in [5.41, 5.74) is 3.38. The van der Waals surface area contributed by atoms with Gasteiger partial charge in [0, 0.05) is 11.6 Å². The Morgan fingerprint density at radius 1 is 0.900 bits per heavy atom. The smallest absolute Gasteiger partial charge is 0.129 e.